The molecule has 158 valence electrons. The Bertz CT molecular complexity index is 1150. The van der Waals surface area contributed by atoms with Gasteiger partial charge in [-0.05, 0) is 43.2 Å². The Labute approximate surface area is 177 Å². The van der Waals surface area contributed by atoms with Crippen molar-refractivity contribution in [2.75, 3.05) is 18.4 Å². The molecule has 3 aromatic rings. The quantitative estimate of drug-likeness (QED) is 0.631. The van der Waals surface area contributed by atoms with Gasteiger partial charge in [-0.2, -0.15) is 9.40 Å². The number of aromatic nitrogens is 4. The van der Waals surface area contributed by atoms with Gasteiger partial charge in [-0.3, -0.25) is 14.8 Å². The number of anilines is 1. The van der Waals surface area contributed by atoms with Crippen LogP contribution in [0.15, 0.2) is 45.8 Å². The number of hydrogen-bond acceptors (Lipinski definition) is 7. The van der Waals surface area contributed by atoms with Gasteiger partial charge in [0.25, 0.3) is 5.89 Å². The molecule has 3 heterocycles. The van der Waals surface area contributed by atoms with E-state index in [-0.39, 0.29) is 41.7 Å². The first-order valence-electron chi connectivity index (χ1n) is 9.23. The zero-order valence-corrected chi connectivity index (χ0v) is 17.6. The van der Waals surface area contributed by atoms with E-state index >= 15 is 0 Å². The molecular weight excluding hydrogens is 432 g/mol. The van der Waals surface area contributed by atoms with E-state index in [0.29, 0.717) is 23.6 Å². The number of halogens is 1. The van der Waals surface area contributed by atoms with Gasteiger partial charge in [-0.25, -0.2) is 8.42 Å². The second-order valence-corrected chi connectivity index (χ2v) is 9.28. The van der Waals surface area contributed by atoms with E-state index in [0.717, 1.165) is 0 Å². The SMILES string of the molecule is Cn1ccc(-c2nnc(NC(=O)C3CCN(S(=O)(=O)c4ccc(Cl)cc4)CC3)o2)n1. The van der Waals surface area contributed by atoms with Crippen LogP contribution in [-0.2, 0) is 21.9 Å². The second kappa shape index (κ2) is 8.17. The standard InChI is InChI=1S/C18H19ClN6O4S/c1-24-9-8-15(23-24)17-21-22-18(29-17)20-16(26)12-6-10-25(11-7-12)30(27,28)14-4-2-13(19)3-5-14/h2-5,8-9,12H,6-7,10-11H2,1H3,(H,20,22,26). The van der Waals surface area contributed by atoms with Gasteiger partial charge in [0.2, 0.25) is 15.9 Å². The lowest BCUT2D eigenvalue weighted by atomic mass is 9.97. The zero-order chi connectivity index (χ0) is 21.3. The number of nitrogens with one attached hydrogen (secondary N) is 1. The van der Waals surface area contributed by atoms with E-state index in [1.54, 1.807) is 24.0 Å². The molecule has 1 aromatic carbocycles. The van der Waals surface area contributed by atoms with E-state index in [1.807, 2.05) is 0 Å². The van der Waals surface area contributed by atoms with Gasteiger partial charge < -0.3 is 4.42 Å². The summed E-state index contributed by atoms with van der Waals surface area (Å²) in [5.74, 6) is -0.434. The Morgan fingerprint density at radius 3 is 2.50 bits per heavy atom. The smallest absolute Gasteiger partial charge is 0.322 e. The molecule has 0 radical (unpaired) electrons. The van der Waals surface area contributed by atoms with Gasteiger partial charge in [0.05, 0.1) is 4.90 Å². The van der Waals surface area contributed by atoms with E-state index in [2.05, 4.69) is 20.6 Å². The molecule has 30 heavy (non-hydrogen) atoms. The Morgan fingerprint density at radius 2 is 1.87 bits per heavy atom. The van der Waals surface area contributed by atoms with Crippen molar-refractivity contribution in [1.82, 2.24) is 24.3 Å². The van der Waals surface area contributed by atoms with Crippen molar-refractivity contribution >= 4 is 33.5 Å². The zero-order valence-electron chi connectivity index (χ0n) is 16.0. The summed E-state index contributed by atoms with van der Waals surface area (Å²) in [5, 5.41) is 14.9. The van der Waals surface area contributed by atoms with Crippen LogP contribution in [0.25, 0.3) is 11.6 Å². The van der Waals surface area contributed by atoms with Crippen molar-refractivity contribution in [2.45, 2.75) is 17.7 Å². The number of carbonyl (C=O) groups is 1. The maximum atomic E-state index is 12.7. The first-order chi connectivity index (χ1) is 14.3. The summed E-state index contributed by atoms with van der Waals surface area (Å²) in [5.41, 5.74) is 0.506. The Balaban J connectivity index is 1.35. The minimum Gasteiger partial charge on any atom is -0.401 e. The molecule has 1 aliphatic heterocycles. The molecule has 0 unspecified atom stereocenters. The highest BCUT2D eigenvalue weighted by Gasteiger charge is 2.32. The van der Waals surface area contributed by atoms with E-state index in [1.165, 1.54) is 28.6 Å². The predicted molar refractivity (Wildman–Crippen MR) is 108 cm³/mol. The highest BCUT2D eigenvalue weighted by Crippen LogP contribution is 2.26. The molecule has 0 spiro atoms. The lowest BCUT2D eigenvalue weighted by Gasteiger charge is -2.30. The van der Waals surface area contributed by atoms with Crippen molar-refractivity contribution < 1.29 is 17.6 Å². The van der Waals surface area contributed by atoms with Crippen molar-refractivity contribution in [3.05, 3.63) is 41.6 Å². The number of amides is 1. The molecule has 12 heteroatoms. The second-order valence-electron chi connectivity index (χ2n) is 6.91. The number of piperidine rings is 1. The summed E-state index contributed by atoms with van der Waals surface area (Å²) in [7, 11) is -1.85. The maximum Gasteiger partial charge on any atom is 0.322 e. The maximum absolute atomic E-state index is 12.7. The number of carbonyl (C=O) groups excluding carboxylic acids is 1. The highest BCUT2D eigenvalue weighted by molar-refractivity contribution is 7.89. The summed E-state index contributed by atoms with van der Waals surface area (Å²) in [6, 6.07) is 7.74. The number of rotatable bonds is 5. The molecule has 4 rings (SSSR count). The number of nitrogens with zero attached hydrogens (tertiary/aromatic N) is 5. The molecule has 0 atom stereocenters. The fourth-order valence-electron chi connectivity index (χ4n) is 3.23. The van der Waals surface area contributed by atoms with Crippen molar-refractivity contribution in [3.8, 4) is 11.6 Å². The molecule has 1 fully saturated rings. The van der Waals surface area contributed by atoms with Crippen LogP contribution >= 0.6 is 11.6 Å². The molecule has 1 N–H and O–H groups in total. The van der Waals surface area contributed by atoms with Crippen LogP contribution in [-0.4, -0.2) is 51.7 Å². The van der Waals surface area contributed by atoms with E-state index < -0.39 is 10.0 Å². The Kier molecular flexibility index (Phi) is 5.58. The van der Waals surface area contributed by atoms with E-state index in [9.17, 15) is 13.2 Å². The van der Waals surface area contributed by atoms with E-state index in [4.69, 9.17) is 16.0 Å². The first-order valence-corrected chi connectivity index (χ1v) is 11.0. The third-order valence-electron chi connectivity index (χ3n) is 4.86. The summed E-state index contributed by atoms with van der Waals surface area (Å²) in [4.78, 5) is 12.7. The normalized spacial score (nSPS) is 15.9. The third kappa shape index (κ3) is 4.23. The van der Waals surface area contributed by atoms with Gasteiger partial charge >= 0.3 is 6.01 Å². The predicted octanol–water partition coefficient (Wildman–Crippen LogP) is 2.16. The molecule has 0 aliphatic carbocycles. The van der Waals surface area contributed by atoms with Gasteiger partial charge in [0, 0.05) is 37.3 Å². The molecule has 1 aliphatic rings. The van der Waals surface area contributed by atoms with Crippen LogP contribution in [0.5, 0.6) is 0 Å². The molecule has 10 nitrogen and oxygen atoms in total. The van der Waals surface area contributed by atoms with Gasteiger partial charge in [-0.15, -0.1) is 5.10 Å². The van der Waals surface area contributed by atoms with Gasteiger partial charge in [0.1, 0.15) is 5.69 Å². The monoisotopic (exact) mass is 450 g/mol. The molecular formula is C18H19ClN6O4S. The van der Waals surface area contributed by atoms with Crippen LogP contribution in [0.1, 0.15) is 12.8 Å². The molecule has 1 amide bonds. The fourth-order valence-corrected chi connectivity index (χ4v) is 4.82. The topological polar surface area (TPSA) is 123 Å². The van der Waals surface area contributed by atoms with Gasteiger partial charge in [-0.1, -0.05) is 16.7 Å². The minimum atomic E-state index is -3.62. The number of aryl methyl sites for hydroxylation is 1. The first kappa shape index (κ1) is 20.5. The summed E-state index contributed by atoms with van der Waals surface area (Å²) < 4.78 is 33.9. The van der Waals surface area contributed by atoms with Crippen LogP contribution in [0.4, 0.5) is 6.01 Å². The van der Waals surface area contributed by atoms with Crippen LogP contribution in [0, 0.1) is 5.92 Å². The summed E-state index contributed by atoms with van der Waals surface area (Å²) in [6.45, 7) is 0.484. The van der Waals surface area contributed by atoms with Crippen LogP contribution in [0.2, 0.25) is 5.02 Å². The Hall–Kier alpha value is -2.76. The van der Waals surface area contributed by atoms with Crippen LogP contribution in [0.3, 0.4) is 0 Å². The molecule has 2 aromatic heterocycles. The van der Waals surface area contributed by atoms with Crippen molar-refractivity contribution in [3.63, 3.8) is 0 Å². The average molecular weight is 451 g/mol. The fraction of sp³-hybridized carbons (Fsp3) is 0.333. The molecule has 0 saturated carbocycles. The third-order valence-corrected chi connectivity index (χ3v) is 7.03. The lowest BCUT2D eigenvalue weighted by molar-refractivity contribution is -0.121. The van der Waals surface area contributed by atoms with Crippen molar-refractivity contribution in [1.29, 1.82) is 0 Å². The number of sulfonamides is 1. The number of benzene rings is 1. The van der Waals surface area contributed by atoms with Crippen molar-refractivity contribution in [2.24, 2.45) is 13.0 Å². The number of hydrogen-bond donors (Lipinski definition) is 1. The average Bonchev–Trinajstić information content (AvgIpc) is 3.37. The highest BCUT2D eigenvalue weighted by atomic mass is 35.5. The minimum absolute atomic E-state index is 0.0168. The Morgan fingerprint density at radius 1 is 1.17 bits per heavy atom. The summed E-state index contributed by atoms with van der Waals surface area (Å²) in [6.07, 6.45) is 2.52. The largest absolute Gasteiger partial charge is 0.401 e. The van der Waals surface area contributed by atoms with Gasteiger partial charge in [0.15, 0.2) is 0 Å². The lowest BCUT2D eigenvalue weighted by Crippen LogP contribution is -2.41. The molecule has 0 bridgehead atoms. The summed E-state index contributed by atoms with van der Waals surface area (Å²) >= 11 is 5.83. The van der Waals surface area contributed by atoms with Crippen LogP contribution < -0.4 is 5.32 Å². The molecule has 1 saturated heterocycles.